The summed E-state index contributed by atoms with van der Waals surface area (Å²) in [6.07, 6.45) is -1.05. The van der Waals surface area contributed by atoms with Crippen LogP contribution in [-0.4, -0.2) is 36.2 Å². The van der Waals surface area contributed by atoms with Crippen molar-refractivity contribution in [1.82, 2.24) is 5.32 Å². The number of rotatable bonds is 7. The third-order valence-corrected chi connectivity index (χ3v) is 3.91. The minimum atomic E-state index is -1.05. The molecule has 0 radical (unpaired) electrons. The molecule has 2 aromatic rings. The minimum absolute atomic E-state index is 0.0760. The van der Waals surface area contributed by atoms with Crippen LogP contribution in [0.5, 0.6) is 0 Å². The Labute approximate surface area is 163 Å². The van der Waals surface area contributed by atoms with Crippen molar-refractivity contribution >= 4 is 29.3 Å². The fourth-order valence-corrected chi connectivity index (χ4v) is 2.37. The van der Waals surface area contributed by atoms with Crippen molar-refractivity contribution in [3.05, 3.63) is 65.2 Å². The number of aryl methyl sites for hydroxylation is 1. The van der Waals surface area contributed by atoms with Gasteiger partial charge in [0.05, 0.1) is 0 Å². The van der Waals surface area contributed by atoms with E-state index < -0.39 is 23.9 Å². The zero-order chi connectivity index (χ0) is 20.7. The molecule has 0 aliphatic rings. The molecule has 0 bridgehead atoms. The monoisotopic (exact) mass is 382 g/mol. The van der Waals surface area contributed by atoms with Crippen molar-refractivity contribution in [3.8, 4) is 0 Å². The second-order valence-corrected chi connectivity index (χ2v) is 6.31. The second kappa shape index (κ2) is 9.45. The number of hydrogen-bond donors (Lipinski definition) is 2. The fourth-order valence-electron chi connectivity index (χ4n) is 2.37. The summed E-state index contributed by atoms with van der Waals surface area (Å²) in [5.74, 6) is -1.72. The molecule has 146 valence electrons. The van der Waals surface area contributed by atoms with Crippen LogP contribution in [0.3, 0.4) is 0 Å². The number of amides is 2. The summed E-state index contributed by atoms with van der Waals surface area (Å²) in [6, 6.07) is 13.3. The van der Waals surface area contributed by atoms with E-state index in [0.29, 0.717) is 16.8 Å². The van der Waals surface area contributed by atoms with Gasteiger partial charge >= 0.3 is 5.97 Å². The maximum absolute atomic E-state index is 12.1. The summed E-state index contributed by atoms with van der Waals surface area (Å²) >= 11 is 0. The fraction of sp³-hybridized carbons (Fsp3) is 0.238. The molecular weight excluding hydrogens is 360 g/mol. The Morgan fingerprint density at radius 3 is 2.29 bits per heavy atom. The molecule has 0 unspecified atom stereocenters. The van der Waals surface area contributed by atoms with Crippen molar-refractivity contribution in [3.63, 3.8) is 0 Å². The highest BCUT2D eigenvalue weighted by Crippen LogP contribution is 2.11. The van der Waals surface area contributed by atoms with Crippen molar-refractivity contribution in [2.45, 2.75) is 26.9 Å². The number of benzene rings is 2. The Morgan fingerprint density at radius 1 is 1.00 bits per heavy atom. The largest absolute Gasteiger partial charge is 0.451 e. The third-order valence-electron chi connectivity index (χ3n) is 3.91. The van der Waals surface area contributed by atoms with E-state index in [0.717, 1.165) is 5.56 Å². The van der Waals surface area contributed by atoms with Crippen molar-refractivity contribution < 1.29 is 23.9 Å². The molecule has 0 aliphatic heterocycles. The smallest absolute Gasteiger partial charge is 0.326 e. The van der Waals surface area contributed by atoms with Crippen LogP contribution in [0.1, 0.15) is 40.1 Å². The predicted octanol–water partition coefficient (Wildman–Crippen LogP) is 2.50. The highest BCUT2D eigenvalue weighted by molar-refractivity contribution is 5.98. The molecule has 0 spiro atoms. The lowest BCUT2D eigenvalue weighted by Crippen LogP contribution is -2.35. The molecule has 2 N–H and O–H groups in total. The first kappa shape index (κ1) is 20.8. The molecule has 7 nitrogen and oxygen atoms in total. The zero-order valence-electron chi connectivity index (χ0n) is 15.9. The first-order chi connectivity index (χ1) is 13.3. The van der Waals surface area contributed by atoms with Gasteiger partial charge < -0.3 is 15.4 Å². The van der Waals surface area contributed by atoms with Gasteiger partial charge in [-0.3, -0.25) is 19.2 Å². The maximum Gasteiger partial charge on any atom is 0.326 e. The van der Waals surface area contributed by atoms with Gasteiger partial charge in [-0.2, -0.15) is 0 Å². The SMILES string of the molecule is CC(=O)c1ccc(NC(=O)[C@H](C)OC(=O)CNC(=O)c2cccc(C)c2)cc1. The average molecular weight is 382 g/mol. The van der Waals surface area contributed by atoms with Crippen LogP contribution in [-0.2, 0) is 14.3 Å². The molecule has 0 saturated carbocycles. The summed E-state index contributed by atoms with van der Waals surface area (Å²) < 4.78 is 5.04. The molecule has 28 heavy (non-hydrogen) atoms. The van der Waals surface area contributed by atoms with Gasteiger partial charge in [0.25, 0.3) is 11.8 Å². The maximum atomic E-state index is 12.1. The van der Waals surface area contributed by atoms with Gasteiger partial charge in [0.15, 0.2) is 11.9 Å². The Bertz CT molecular complexity index is 890. The molecule has 1 atom stereocenters. The molecule has 7 heteroatoms. The lowest BCUT2D eigenvalue weighted by molar-refractivity contribution is -0.152. The van der Waals surface area contributed by atoms with Gasteiger partial charge in [0.2, 0.25) is 0 Å². The van der Waals surface area contributed by atoms with Gasteiger partial charge in [-0.05, 0) is 57.2 Å². The van der Waals surface area contributed by atoms with Gasteiger partial charge in [0.1, 0.15) is 6.54 Å². The number of hydrogen-bond acceptors (Lipinski definition) is 5. The number of ketones is 1. The number of nitrogens with one attached hydrogen (secondary N) is 2. The van der Waals surface area contributed by atoms with E-state index in [4.69, 9.17) is 4.74 Å². The summed E-state index contributed by atoms with van der Waals surface area (Å²) in [5, 5.41) is 5.05. The van der Waals surface area contributed by atoms with E-state index in [1.807, 2.05) is 13.0 Å². The van der Waals surface area contributed by atoms with Crippen LogP contribution < -0.4 is 10.6 Å². The summed E-state index contributed by atoms with van der Waals surface area (Å²) in [4.78, 5) is 47.3. The van der Waals surface area contributed by atoms with Crippen molar-refractivity contribution in [1.29, 1.82) is 0 Å². The molecule has 0 saturated heterocycles. The predicted molar refractivity (Wildman–Crippen MR) is 104 cm³/mol. The summed E-state index contributed by atoms with van der Waals surface area (Å²) in [6.45, 7) is 4.39. The Balaban J connectivity index is 1.81. The summed E-state index contributed by atoms with van der Waals surface area (Å²) in [5.41, 5.74) is 2.37. The molecular formula is C21H22N2O5. The molecule has 0 heterocycles. The lowest BCUT2D eigenvalue weighted by atomic mass is 10.1. The van der Waals surface area contributed by atoms with Crippen LogP contribution in [0.15, 0.2) is 48.5 Å². The Morgan fingerprint density at radius 2 is 1.68 bits per heavy atom. The number of anilines is 1. The molecule has 2 rings (SSSR count). The van der Waals surface area contributed by atoms with Crippen LogP contribution in [0.25, 0.3) is 0 Å². The standard InChI is InChI=1S/C21H22N2O5/c1-13-5-4-6-17(11-13)21(27)22-12-19(25)28-15(3)20(26)23-18-9-7-16(8-10-18)14(2)24/h4-11,15H,12H2,1-3H3,(H,22,27)(H,23,26)/t15-/m0/s1. The third kappa shape index (κ3) is 6.05. The highest BCUT2D eigenvalue weighted by Gasteiger charge is 2.18. The van der Waals surface area contributed by atoms with E-state index in [-0.39, 0.29) is 12.3 Å². The van der Waals surface area contributed by atoms with E-state index in [9.17, 15) is 19.2 Å². The molecule has 0 aromatic heterocycles. The Kier molecular flexibility index (Phi) is 7.03. The first-order valence-electron chi connectivity index (χ1n) is 8.72. The molecule has 2 amide bonds. The van der Waals surface area contributed by atoms with E-state index in [1.165, 1.54) is 13.8 Å². The Hall–Kier alpha value is -3.48. The van der Waals surface area contributed by atoms with Crippen LogP contribution in [0.2, 0.25) is 0 Å². The van der Waals surface area contributed by atoms with Gasteiger partial charge in [-0.25, -0.2) is 0 Å². The first-order valence-corrected chi connectivity index (χ1v) is 8.72. The van der Waals surface area contributed by atoms with E-state index >= 15 is 0 Å². The van der Waals surface area contributed by atoms with E-state index in [1.54, 1.807) is 42.5 Å². The van der Waals surface area contributed by atoms with Crippen LogP contribution >= 0.6 is 0 Å². The van der Waals surface area contributed by atoms with Gasteiger partial charge in [0, 0.05) is 16.8 Å². The number of ether oxygens (including phenoxy) is 1. The minimum Gasteiger partial charge on any atom is -0.451 e. The van der Waals surface area contributed by atoms with Crippen molar-refractivity contribution in [2.24, 2.45) is 0 Å². The second-order valence-electron chi connectivity index (χ2n) is 6.31. The van der Waals surface area contributed by atoms with Crippen LogP contribution in [0, 0.1) is 6.92 Å². The molecule has 0 fully saturated rings. The average Bonchev–Trinajstić information content (AvgIpc) is 2.66. The van der Waals surface area contributed by atoms with Gasteiger partial charge in [-0.1, -0.05) is 17.7 Å². The normalized spacial score (nSPS) is 11.2. The van der Waals surface area contributed by atoms with Crippen LogP contribution in [0.4, 0.5) is 5.69 Å². The van der Waals surface area contributed by atoms with Crippen molar-refractivity contribution in [2.75, 3.05) is 11.9 Å². The quantitative estimate of drug-likeness (QED) is 0.566. The highest BCUT2D eigenvalue weighted by atomic mass is 16.5. The zero-order valence-corrected chi connectivity index (χ0v) is 15.9. The lowest BCUT2D eigenvalue weighted by Gasteiger charge is -2.14. The molecule has 2 aromatic carbocycles. The topological polar surface area (TPSA) is 102 Å². The number of carbonyl (C=O) groups excluding carboxylic acids is 4. The number of Topliss-reactive ketones (excluding diaryl/α,β-unsaturated/α-hetero) is 1. The molecule has 0 aliphatic carbocycles. The number of carbonyl (C=O) groups is 4. The van der Waals surface area contributed by atoms with E-state index in [2.05, 4.69) is 10.6 Å². The van der Waals surface area contributed by atoms with Gasteiger partial charge in [-0.15, -0.1) is 0 Å². The summed E-state index contributed by atoms with van der Waals surface area (Å²) in [7, 11) is 0. The number of esters is 1.